The third-order valence-corrected chi connectivity index (χ3v) is 4.59. The Balaban J connectivity index is 2.31. The summed E-state index contributed by atoms with van der Waals surface area (Å²) in [5, 5.41) is 4.20. The molecule has 7 heteroatoms. The summed E-state index contributed by atoms with van der Waals surface area (Å²) in [7, 11) is 1.73. The monoisotopic (exact) mass is 344 g/mol. The molecule has 20 heavy (non-hydrogen) atoms. The molecule has 0 amide bonds. The Kier molecular flexibility index (Phi) is 5.17. The Labute approximate surface area is 127 Å². The quantitative estimate of drug-likeness (QED) is 0.880. The van der Waals surface area contributed by atoms with E-state index in [9.17, 15) is 4.79 Å². The molecule has 0 spiro atoms. The van der Waals surface area contributed by atoms with E-state index in [1.807, 2.05) is 6.92 Å². The third-order valence-electron chi connectivity index (χ3n) is 3.85. The molecule has 1 saturated heterocycles. The van der Waals surface area contributed by atoms with E-state index < -0.39 is 0 Å². The van der Waals surface area contributed by atoms with E-state index in [4.69, 9.17) is 10.5 Å². The molecule has 2 N–H and O–H groups in total. The van der Waals surface area contributed by atoms with Crippen LogP contribution in [0.25, 0.3) is 0 Å². The van der Waals surface area contributed by atoms with E-state index in [-0.39, 0.29) is 17.7 Å². The number of anilines is 1. The van der Waals surface area contributed by atoms with E-state index in [0.717, 1.165) is 25.1 Å². The van der Waals surface area contributed by atoms with Gasteiger partial charge in [0.15, 0.2) is 0 Å². The largest absolute Gasteiger partial charge is 0.381 e. The van der Waals surface area contributed by atoms with Crippen molar-refractivity contribution in [1.82, 2.24) is 9.78 Å². The maximum absolute atomic E-state index is 12.1. The third kappa shape index (κ3) is 2.89. The minimum absolute atomic E-state index is 0.102. The Morgan fingerprint density at radius 3 is 2.95 bits per heavy atom. The molecule has 0 aliphatic carbocycles. The van der Waals surface area contributed by atoms with Gasteiger partial charge < -0.3 is 15.4 Å². The molecule has 2 rings (SSSR count). The molecule has 1 fully saturated rings. The standard InChI is InChI=1S/C13H21BrN4O2/c1-3-18-13(19)12(14)11(8-16-18)17-5-4-10(20-2)6-9(17)7-15/h8-10H,3-7,15H2,1-2H3. The molecular weight excluding hydrogens is 324 g/mol. The van der Waals surface area contributed by atoms with Crippen LogP contribution in [0.2, 0.25) is 0 Å². The number of aromatic nitrogens is 2. The van der Waals surface area contributed by atoms with Crippen LogP contribution in [0.3, 0.4) is 0 Å². The van der Waals surface area contributed by atoms with Crippen LogP contribution in [-0.2, 0) is 11.3 Å². The number of piperidine rings is 1. The summed E-state index contributed by atoms with van der Waals surface area (Å²) in [6.45, 7) is 3.80. The van der Waals surface area contributed by atoms with Gasteiger partial charge in [0.25, 0.3) is 5.56 Å². The molecule has 0 saturated carbocycles. The summed E-state index contributed by atoms with van der Waals surface area (Å²) in [5.41, 5.74) is 6.60. The van der Waals surface area contributed by atoms with Gasteiger partial charge in [-0.25, -0.2) is 4.68 Å². The molecular formula is C13H21BrN4O2. The lowest BCUT2D eigenvalue weighted by molar-refractivity contribution is 0.0709. The number of nitrogens with zero attached hydrogens (tertiary/aromatic N) is 3. The molecule has 112 valence electrons. The number of ether oxygens (including phenoxy) is 1. The fraction of sp³-hybridized carbons (Fsp3) is 0.692. The zero-order valence-electron chi connectivity index (χ0n) is 11.9. The van der Waals surface area contributed by atoms with Crippen molar-refractivity contribution >= 4 is 21.6 Å². The van der Waals surface area contributed by atoms with Gasteiger partial charge in [0, 0.05) is 32.8 Å². The average Bonchev–Trinajstić information content (AvgIpc) is 2.49. The lowest BCUT2D eigenvalue weighted by Gasteiger charge is -2.40. The molecule has 2 atom stereocenters. The van der Waals surface area contributed by atoms with Crippen LogP contribution in [0, 0.1) is 0 Å². The maximum atomic E-state index is 12.1. The first kappa shape index (κ1) is 15.5. The molecule has 1 aliphatic heterocycles. The van der Waals surface area contributed by atoms with E-state index in [1.54, 1.807) is 13.3 Å². The molecule has 1 aromatic rings. The van der Waals surface area contributed by atoms with Gasteiger partial charge in [-0.15, -0.1) is 0 Å². The second-order valence-corrected chi connectivity index (χ2v) is 5.72. The van der Waals surface area contributed by atoms with Gasteiger partial charge in [-0.3, -0.25) is 4.79 Å². The van der Waals surface area contributed by atoms with Gasteiger partial charge in [0.1, 0.15) is 4.47 Å². The number of hydrogen-bond acceptors (Lipinski definition) is 5. The number of methoxy groups -OCH3 is 1. The van der Waals surface area contributed by atoms with Gasteiger partial charge >= 0.3 is 0 Å². The van der Waals surface area contributed by atoms with Crippen molar-refractivity contribution in [2.75, 3.05) is 25.1 Å². The number of aryl methyl sites for hydroxylation is 1. The van der Waals surface area contributed by atoms with Crippen LogP contribution in [0.4, 0.5) is 5.69 Å². The van der Waals surface area contributed by atoms with Gasteiger partial charge in [0.05, 0.1) is 18.0 Å². The minimum atomic E-state index is -0.102. The van der Waals surface area contributed by atoms with Crippen molar-refractivity contribution < 1.29 is 4.74 Å². The summed E-state index contributed by atoms with van der Waals surface area (Å²) in [6, 6.07) is 0.170. The van der Waals surface area contributed by atoms with Crippen LogP contribution >= 0.6 is 15.9 Å². The Morgan fingerprint density at radius 2 is 2.35 bits per heavy atom. The summed E-state index contributed by atoms with van der Waals surface area (Å²) in [4.78, 5) is 14.3. The second kappa shape index (κ2) is 6.69. The van der Waals surface area contributed by atoms with Crippen LogP contribution in [-0.4, -0.2) is 42.1 Å². The highest BCUT2D eigenvalue weighted by Gasteiger charge is 2.29. The van der Waals surface area contributed by atoms with Crippen LogP contribution in [0.5, 0.6) is 0 Å². The molecule has 0 aromatic carbocycles. The lowest BCUT2D eigenvalue weighted by atomic mass is 9.99. The first-order valence-corrected chi connectivity index (χ1v) is 7.66. The van der Waals surface area contributed by atoms with Crippen molar-refractivity contribution in [1.29, 1.82) is 0 Å². The summed E-state index contributed by atoms with van der Waals surface area (Å²) >= 11 is 3.41. The normalized spacial score (nSPS) is 23.1. The fourth-order valence-electron chi connectivity index (χ4n) is 2.65. The first-order valence-electron chi connectivity index (χ1n) is 6.87. The van der Waals surface area contributed by atoms with Gasteiger partial charge in [0.2, 0.25) is 0 Å². The Hall–Kier alpha value is -0.920. The van der Waals surface area contributed by atoms with E-state index >= 15 is 0 Å². The molecule has 2 unspecified atom stereocenters. The van der Waals surface area contributed by atoms with Gasteiger partial charge in [-0.1, -0.05) is 0 Å². The predicted molar refractivity (Wildman–Crippen MR) is 82.1 cm³/mol. The highest BCUT2D eigenvalue weighted by molar-refractivity contribution is 9.10. The topological polar surface area (TPSA) is 73.4 Å². The fourth-order valence-corrected chi connectivity index (χ4v) is 3.19. The van der Waals surface area contributed by atoms with E-state index in [0.29, 0.717) is 17.6 Å². The highest BCUT2D eigenvalue weighted by atomic mass is 79.9. The van der Waals surface area contributed by atoms with Gasteiger partial charge in [-0.2, -0.15) is 5.10 Å². The molecule has 0 bridgehead atoms. The van der Waals surface area contributed by atoms with Gasteiger partial charge in [-0.05, 0) is 35.7 Å². The molecule has 0 radical (unpaired) electrons. The van der Waals surface area contributed by atoms with Crippen molar-refractivity contribution in [2.45, 2.75) is 38.5 Å². The number of halogens is 1. The summed E-state index contributed by atoms with van der Waals surface area (Å²) in [5.74, 6) is 0. The minimum Gasteiger partial charge on any atom is -0.381 e. The van der Waals surface area contributed by atoms with Crippen molar-refractivity contribution in [3.8, 4) is 0 Å². The SMILES string of the molecule is CCn1ncc(N2CCC(OC)CC2CN)c(Br)c1=O. The molecule has 2 heterocycles. The predicted octanol–water partition coefficient (Wildman–Crippen LogP) is 0.968. The van der Waals surface area contributed by atoms with Crippen molar-refractivity contribution in [3.63, 3.8) is 0 Å². The smallest absolute Gasteiger partial charge is 0.283 e. The first-order chi connectivity index (χ1) is 9.62. The van der Waals surface area contributed by atoms with Crippen molar-refractivity contribution in [3.05, 3.63) is 21.0 Å². The van der Waals surface area contributed by atoms with Crippen LogP contribution in [0.15, 0.2) is 15.5 Å². The highest BCUT2D eigenvalue weighted by Crippen LogP contribution is 2.29. The summed E-state index contributed by atoms with van der Waals surface area (Å²) in [6.07, 6.45) is 3.78. The van der Waals surface area contributed by atoms with Crippen LogP contribution < -0.4 is 16.2 Å². The van der Waals surface area contributed by atoms with E-state index in [1.165, 1.54) is 4.68 Å². The molecule has 6 nitrogen and oxygen atoms in total. The molecule has 1 aromatic heterocycles. The molecule has 1 aliphatic rings. The number of hydrogen-bond donors (Lipinski definition) is 1. The lowest BCUT2D eigenvalue weighted by Crippen LogP contribution is -2.49. The summed E-state index contributed by atoms with van der Waals surface area (Å²) < 4.78 is 7.42. The van der Waals surface area contributed by atoms with Crippen LogP contribution in [0.1, 0.15) is 19.8 Å². The number of rotatable bonds is 4. The van der Waals surface area contributed by atoms with Crippen molar-refractivity contribution in [2.24, 2.45) is 5.73 Å². The second-order valence-electron chi connectivity index (χ2n) is 4.93. The Morgan fingerprint density at radius 1 is 1.60 bits per heavy atom. The number of nitrogens with two attached hydrogens (primary N) is 1. The maximum Gasteiger partial charge on any atom is 0.283 e. The van der Waals surface area contributed by atoms with E-state index in [2.05, 4.69) is 25.9 Å². The zero-order chi connectivity index (χ0) is 14.7. The zero-order valence-corrected chi connectivity index (χ0v) is 13.5. The average molecular weight is 345 g/mol. The Bertz CT molecular complexity index is 520.